The smallest absolute Gasteiger partial charge is 0.247 e. The highest BCUT2D eigenvalue weighted by Gasteiger charge is 2.57. The summed E-state index contributed by atoms with van der Waals surface area (Å²) in [6.07, 6.45) is 2.91. The predicted molar refractivity (Wildman–Crippen MR) is 167 cm³/mol. The highest BCUT2D eigenvalue weighted by atomic mass is 19.1. The third-order valence-corrected chi connectivity index (χ3v) is 8.28. The number of nitrogens with two attached hydrogens (primary N) is 1. The molecule has 2 aliphatic rings. The van der Waals surface area contributed by atoms with Crippen LogP contribution in [0.5, 0.6) is 23.0 Å². The van der Waals surface area contributed by atoms with E-state index in [1.165, 1.54) is 41.3 Å². The Kier molecular flexibility index (Phi) is 9.00. The number of halogens is 2. The molecule has 1 aliphatic carbocycles. The van der Waals surface area contributed by atoms with E-state index < -0.39 is 28.9 Å². The molecule has 0 atom stereocenters. The first-order valence-corrected chi connectivity index (χ1v) is 15.1. The zero-order valence-corrected chi connectivity index (χ0v) is 25.3. The van der Waals surface area contributed by atoms with Crippen LogP contribution in [0, 0.1) is 17.0 Å². The molecule has 1 aromatic heterocycles. The summed E-state index contributed by atoms with van der Waals surface area (Å²) in [5.41, 5.74) is 5.12. The lowest BCUT2D eigenvalue weighted by atomic mass is 10.0. The van der Waals surface area contributed by atoms with Crippen molar-refractivity contribution in [3.05, 3.63) is 78.5 Å². The van der Waals surface area contributed by atoms with Gasteiger partial charge < -0.3 is 24.7 Å². The molecular formula is C34H34F2N4O6. The molecule has 240 valence electrons. The Morgan fingerprint density at radius 3 is 2.37 bits per heavy atom. The van der Waals surface area contributed by atoms with Crippen molar-refractivity contribution in [2.75, 3.05) is 51.5 Å². The number of aromatic nitrogens is 1. The number of rotatable bonds is 12. The highest BCUT2D eigenvalue weighted by molar-refractivity contribution is 6.16. The van der Waals surface area contributed by atoms with Gasteiger partial charge in [-0.1, -0.05) is 0 Å². The molecule has 4 aromatic rings. The van der Waals surface area contributed by atoms with Crippen molar-refractivity contribution in [1.82, 2.24) is 9.88 Å². The number of morpholine rings is 1. The van der Waals surface area contributed by atoms with Gasteiger partial charge in [-0.15, -0.1) is 0 Å². The van der Waals surface area contributed by atoms with Gasteiger partial charge in [-0.2, -0.15) is 0 Å². The fourth-order valence-electron chi connectivity index (χ4n) is 5.49. The number of amides is 2. The summed E-state index contributed by atoms with van der Waals surface area (Å²) in [7, 11) is 1.55. The summed E-state index contributed by atoms with van der Waals surface area (Å²) < 4.78 is 52.4. The molecule has 2 amide bonds. The van der Waals surface area contributed by atoms with Crippen LogP contribution in [-0.4, -0.2) is 68.3 Å². The lowest BCUT2D eigenvalue weighted by molar-refractivity contribution is -0.133. The molecule has 0 bridgehead atoms. The van der Waals surface area contributed by atoms with Crippen molar-refractivity contribution in [1.29, 1.82) is 0 Å². The van der Waals surface area contributed by atoms with Crippen molar-refractivity contribution >= 4 is 34.1 Å². The summed E-state index contributed by atoms with van der Waals surface area (Å²) >= 11 is 0. The molecule has 3 aromatic carbocycles. The number of hydrogen-bond acceptors (Lipinski definition) is 8. The Hall–Kier alpha value is -4.81. The Bertz CT molecular complexity index is 1740. The molecule has 6 rings (SSSR count). The van der Waals surface area contributed by atoms with Gasteiger partial charge in [-0.25, -0.2) is 8.78 Å². The van der Waals surface area contributed by atoms with E-state index in [1.54, 1.807) is 31.5 Å². The van der Waals surface area contributed by atoms with Crippen molar-refractivity contribution in [3.8, 4) is 23.0 Å². The molecular weight excluding hydrogens is 598 g/mol. The van der Waals surface area contributed by atoms with Gasteiger partial charge in [0.25, 0.3) is 0 Å². The van der Waals surface area contributed by atoms with E-state index >= 15 is 4.39 Å². The minimum Gasteiger partial charge on any atom is -0.493 e. The van der Waals surface area contributed by atoms with Gasteiger partial charge in [0.1, 0.15) is 17.0 Å². The lowest BCUT2D eigenvalue weighted by Crippen LogP contribution is -2.41. The summed E-state index contributed by atoms with van der Waals surface area (Å²) in [6, 6.07) is 14.2. The van der Waals surface area contributed by atoms with Crippen LogP contribution in [0.4, 0.5) is 20.2 Å². The first kappa shape index (κ1) is 31.2. The van der Waals surface area contributed by atoms with E-state index in [1.807, 2.05) is 0 Å². The van der Waals surface area contributed by atoms with Gasteiger partial charge >= 0.3 is 0 Å². The second kappa shape index (κ2) is 13.3. The van der Waals surface area contributed by atoms with Crippen LogP contribution in [0.2, 0.25) is 0 Å². The van der Waals surface area contributed by atoms with Crippen molar-refractivity contribution < 1.29 is 37.3 Å². The zero-order chi connectivity index (χ0) is 32.3. The number of methoxy groups -OCH3 is 1. The van der Waals surface area contributed by atoms with Crippen molar-refractivity contribution in [2.45, 2.75) is 19.3 Å². The minimum atomic E-state index is -1.39. The molecule has 0 unspecified atom stereocenters. The summed E-state index contributed by atoms with van der Waals surface area (Å²) in [5, 5.41) is 0.579. The van der Waals surface area contributed by atoms with E-state index in [4.69, 9.17) is 24.7 Å². The van der Waals surface area contributed by atoms with Gasteiger partial charge in [-0.3, -0.25) is 24.4 Å². The largest absolute Gasteiger partial charge is 0.493 e. The Balaban J connectivity index is 1.25. The molecule has 1 aliphatic heterocycles. The maximum absolute atomic E-state index is 15.7. The van der Waals surface area contributed by atoms with Crippen LogP contribution < -0.4 is 24.8 Å². The second-order valence-electron chi connectivity index (χ2n) is 11.3. The van der Waals surface area contributed by atoms with Crippen molar-refractivity contribution in [3.63, 3.8) is 0 Å². The number of anilines is 2. The first-order chi connectivity index (χ1) is 22.3. The van der Waals surface area contributed by atoms with E-state index in [-0.39, 0.29) is 30.0 Å². The van der Waals surface area contributed by atoms with Gasteiger partial charge in [0.05, 0.1) is 38.1 Å². The number of hydrogen-bond donors (Lipinski definition) is 1. The maximum atomic E-state index is 15.7. The third kappa shape index (κ3) is 6.44. The normalized spacial score (nSPS) is 15.7. The Morgan fingerprint density at radius 2 is 1.70 bits per heavy atom. The van der Waals surface area contributed by atoms with E-state index in [9.17, 15) is 14.0 Å². The SMILES string of the molecule is COc1cc2nccc(Oc3ccc(N(C(=O)C4(C(N)=O)CC4)c4ccc(F)cc4)cc3F)c2cc1OCCCN1CCOCC1. The van der Waals surface area contributed by atoms with E-state index in [2.05, 4.69) is 9.88 Å². The summed E-state index contributed by atoms with van der Waals surface area (Å²) in [4.78, 5) is 33.7. The molecule has 0 spiro atoms. The minimum absolute atomic E-state index is 0.109. The van der Waals surface area contributed by atoms with Crippen molar-refractivity contribution in [2.24, 2.45) is 11.1 Å². The average molecular weight is 633 g/mol. The molecule has 12 heteroatoms. The fraction of sp³-hybridized carbons (Fsp3) is 0.324. The number of carbonyl (C=O) groups excluding carboxylic acids is 2. The monoisotopic (exact) mass is 632 g/mol. The molecule has 2 heterocycles. The summed E-state index contributed by atoms with van der Waals surface area (Å²) in [6.45, 7) is 4.62. The lowest BCUT2D eigenvalue weighted by Gasteiger charge is -2.26. The summed E-state index contributed by atoms with van der Waals surface area (Å²) in [5.74, 6) is -1.41. The zero-order valence-electron chi connectivity index (χ0n) is 25.3. The fourth-order valence-corrected chi connectivity index (χ4v) is 5.49. The van der Waals surface area contributed by atoms with E-state index in [0.29, 0.717) is 34.8 Å². The number of carbonyl (C=O) groups is 2. The molecule has 10 nitrogen and oxygen atoms in total. The third-order valence-electron chi connectivity index (χ3n) is 8.28. The van der Waals surface area contributed by atoms with Crippen LogP contribution >= 0.6 is 0 Å². The van der Waals surface area contributed by atoms with Gasteiger partial charge in [0.2, 0.25) is 11.8 Å². The van der Waals surface area contributed by atoms with Gasteiger partial charge in [-0.05, 0) is 67.8 Å². The van der Waals surface area contributed by atoms with Gasteiger partial charge in [0.15, 0.2) is 23.1 Å². The molecule has 1 saturated carbocycles. The number of ether oxygens (including phenoxy) is 4. The van der Waals surface area contributed by atoms with Crippen LogP contribution in [0.15, 0.2) is 66.9 Å². The van der Waals surface area contributed by atoms with Crippen LogP contribution in [0.3, 0.4) is 0 Å². The number of benzene rings is 3. The number of nitrogens with zero attached hydrogens (tertiary/aromatic N) is 3. The molecule has 2 N–H and O–H groups in total. The van der Waals surface area contributed by atoms with Gasteiger partial charge in [0, 0.05) is 49.0 Å². The molecule has 0 radical (unpaired) electrons. The maximum Gasteiger partial charge on any atom is 0.247 e. The average Bonchev–Trinajstić information content (AvgIpc) is 3.88. The Morgan fingerprint density at radius 1 is 0.957 bits per heavy atom. The Labute approximate surface area is 264 Å². The topological polar surface area (TPSA) is 116 Å². The number of fused-ring (bicyclic) bond motifs is 1. The second-order valence-corrected chi connectivity index (χ2v) is 11.3. The highest BCUT2D eigenvalue weighted by Crippen LogP contribution is 2.49. The van der Waals surface area contributed by atoms with E-state index in [0.717, 1.165) is 45.3 Å². The van der Waals surface area contributed by atoms with Crippen LogP contribution in [0.25, 0.3) is 10.9 Å². The molecule has 46 heavy (non-hydrogen) atoms. The van der Waals surface area contributed by atoms with Crippen LogP contribution in [0.1, 0.15) is 19.3 Å². The molecule has 2 fully saturated rings. The number of pyridine rings is 1. The first-order valence-electron chi connectivity index (χ1n) is 15.1. The number of primary amides is 1. The molecule has 1 saturated heterocycles. The quantitative estimate of drug-likeness (QED) is 0.164. The standard InChI is InChI=1S/C34H34F2N4O6/c1-43-30-21-27-25(20-31(30)45-16-2-13-39-14-17-44-18-15-39)28(9-12-38-27)46-29-8-7-24(19-26(29)36)40(23-5-3-22(35)4-6-23)33(42)34(10-11-34)32(37)41/h3-9,12,19-21H,2,10-11,13-18H2,1H3,(H2,37,41). The van der Waals surface area contributed by atoms with Crippen LogP contribution in [-0.2, 0) is 14.3 Å². The predicted octanol–water partition coefficient (Wildman–Crippen LogP) is 5.35.